The smallest absolute Gasteiger partial charge is 0.227 e. The van der Waals surface area contributed by atoms with Gasteiger partial charge in [-0.1, -0.05) is 18.2 Å². The van der Waals surface area contributed by atoms with Crippen molar-refractivity contribution in [2.24, 2.45) is 0 Å². The van der Waals surface area contributed by atoms with Crippen LogP contribution in [0.15, 0.2) is 24.3 Å². The van der Waals surface area contributed by atoms with E-state index in [2.05, 4.69) is 10.2 Å². The molecular weight excluding hydrogens is 257 g/mol. The van der Waals surface area contributed by atoms with Gasteiger partial charge in [0.25, 0.3) is 0 Å². The highest BCUT2D eigenvalue weighted by Crippen LogP contribution is 2.13. The summed E-state index contributed by atoms with van der Waals surface area (Å²) in [5, 5.41) is 3.27. The molecule has 0 bridgehead atoms. The number of amides is 1. The van der Waals surface area contributed by atoms with Crippen molar-refractivity contribution < 1.29 is 9.18 Å². The maximum absolute atomic E-state index is 13.6. The van der Waals surface area contributed by atoms with Gasteiger partial charge < -0.3 is 10.2 Å². The lowest BCUT2D eigenvalue weighted by Crippen LogP contribution is -2.62. The van der Waals surface area contributed by atoms with E-state index in [9.17, 15) is 9.18 Å². The third kappa shape index (κ3) is 2.83. The van der Waals surface area contributed by atoms with Gasteiger partial charge in [0, 0.05) is 45.3 Å². The summed E-state index contributed by atoms with van der Waals surface area (Å²) < 4.78 is 13.6. The minimum atomic E-state index is -0.292. The first-order valence-corrected chi connectivity index (χ1v) is 7.20. The van der Waals surface area contributed by atoms with Crippen molar-refractivity contribution in [3.63, 3.8) is 0 Å². The molecule has 0 saturated carbocycles. The van der Waals surface area contributed by atoms with Crippen LogP contribution in [0.2, 0.25) is 0 Å². The molecule has 1 N–H and O–H groups in total. The maximum atomic E-state index is 13.6. The monoisotopic (exact) mass is 277 g/mol. The zero-order valence-corrected chi connectivity index (χ0v) is 11.5. The fourth-order valence-corrected chi connectivity index (χ4v) is 2.78. The number of carbonyl (C=O) groups excluding carboxylic acids is 1. The molecule has 3 rings (SSSR count). The van der Waals surface area contributed by atoms with E-state index in [-0.39, 0.29) is 18.1 Å². The summed E-state index contributed by atoms with van der Waals surface area (Å²) in [5.74, 6) is -0.262. The van der Waals surface area contributed by atoms with Gasteiger partial charge in [0.2, 0.25) is 5.91 Å². The molecule has 20 heavy (non-hydrogen) atoms. The van der Waals surface area contributed by atoms with Gasteiger partial charge in [-0.05, 0) is 11.6 Å². The highest BCUT2D eigenvalue weighted by Gasteiger charge is 2.29. The van der Waals surface area contributed by atoms with Crippen LogP contribution in [0.4, 0.5) is 4.39 Å². The Hall–Kier alpha value is -1.46. The second-order valence-electron chi connectivity index (χ2n) is 5.50. The van der Waals surface area contributed by atoms with Crippen LogP contribution in [-0.2, 0) is 11.2 Å². The molecule has 2 saturated heterocycles. The SMILES string of the molecule is O=C(Cc1ccccc1F)N1CCN(C2CNC2)CC1. The van der Waals surface area contributed by atoms with Crippen LogP contribution < -0.4 is 5.32 Å². The van der Waals surface area contributed by atoms with E-state index in [1.54, 1.807) is 18.2 Å². The van der Waals surface area contributed by atoms with Gasteiger partial charge in [-0.3, -0.25) is 9.69 Å². The number of piperazine rings is 1. The second kappa shape index (κ2) is 5.89. The summed E-state index contributed by atoms with van der Waals surface area (Å²) in [7, 11) is 0. The molecule has 108 valence electrons. The predicted octanol–water partition coefficient (Wildman–Crippen LogP) is 0.484. The number of carbonyl (C=O) groups is 1. The summed E-state index contributed by atoms with van der Waals surface area (Å²) in [6.07, 6.45) is 0.164. The van der Waals surface area contributed by atoms with Crippen LogP contribution in [0.1, 0.15) is 5.56 Å². The first kappa shape index (κ1) is 13.5. The Bertz CT molecular complexity index is 482. The Balaban J connectivity index is 1.52. The molecule has 0 atom stereocenters. The fraction of sp³-hybridized carbons (Fsp3) is 0.533. The van der Waals surface area contributed by atoms with E-state index in [1.807, 2.05) is 4.90 Å². The maximum Gasteiger partial charge on any atom is 0.227 e. The molecule has 2 aliphatic heterocycles. The third-order valence-electron chi connectivity index (χ3n) is 4.24. The summed E-state index contributed by atoms with van der Waals surface area (Å²) in [6.45, 7) is 5.48. The van der Waals surface area contributed by atoms with Crippen LogP contribution >= 0.6 is 0 Å². The third-order valence-corrected chi connectivity index (χ3v) is 4.24. The molecule has 0 spiro atoms. The van der Waals surface area contributed by atoms with E-state index < -0.39 is 0 Å². The molecule has 0 aromatic heterocycles. The highest BCUT2D eigenvalue weighted by molar-refractivity contribution is 5.79. The number of hydrogen-bond donors (Lipinski definition) is 1. The van der Waals surface area contributed by atoms with Crippen molar-refractivity contribution in [1.29, 1.82) is 0 Å². The van der Waals surface area contributed by atoms with Gasteiger partial charge in [0.1, 0.15) is 5.82 Å². The number of benzene rings is 1. The molecule has 0 aliphatic carbocycles. The Morgan fingerprint density at radius 3 is 2.50 bits per heavy atom. The van der Waals surface area contributed by atoms with Crippen LogP contribution in [0.5, 0.6) is 0 Å². The summed E-state index contributed by atoms with van der Waals surface area (Å²) in [4.78, 5) is 16.5. The zero-order valence-electron chi connectivity index (χ0n) is 11.5. The molecule has 1 aromatic carbocycles. The Morgan fingerprint density at radius 2 is 1.90 bits per heavy atom. The number of hydrogen-bond acceptors (Lipinski definition) is 3. The van der Waals surface area contributed by atoms with Crippen LogP contribution in [-0.4, -0.2) is 61.0 Å². The van der Waals surface area contributed by atoms with Gasteiger partial charge in [-0.25, -0.2) is 4.39 Å². The van der Waals surface area contributed by atoms with Crippen molar-refractivity contribution in [1.82, 2.24) is 15.1 Å². The largest absolute Gasteiger partial charge is 0.340 e. The first-order chi connectivity index (χ1) is 9.74. The van der Waals surface area contributed by atoms with Crippen molar-refractivity contribution in [3.05, 3.63) is 35.6 Å². The lowest BCUT2D eigenvalue weighted by Gasteiger charge is -2.43. The van der Waals surface area contributed by atoms with E-state index in [0.29, 0.717) is 11.6 Å². The molecular formula is C15H20FN3O. The summed E-state index contributed by atoms with van der Waals surface area (Å²) >= 11 is 0. The lowest BCUT2D eigenvalue weighted by atomic mass is 10.1. The second-order valence-corrected chi connectivity index (χ2v) is 5.50. The number of rotatable bonds is 3. The number of halogens is 1. The molecule has 1 amide bonds. The molecule has 2 aliphatic rings. The molecule has 5 heteroatoms. The number of nitrogens with one attached hydrogen (secondary N) is 1. The molecule has 0 unspecified atom stereocenters. The van der Waals surface area contributed by atoms with E-state index in [0.717, 1.165) is 39.3 Å². The van der Waals surface area contributed by atoms with Crippen LogP contribution in [0.25, 0.3) is 0 Å². The predicted molar refractivity (Wildman–Crippen MR) is 74.9 cm³/mol. The number of nitrogens with zero attached hydrogens (tertiary/aromatic N) is 2. The Morgan fingerprint density at radius 1 is 1.20 bits per heavy atom. The summed E-state index contributed by atoms with van der Waals surface area (Å²) in [6, 6.07) is 7.15. The Kier molecular flexibility index (Phi) is 3.98. The standard InChI is InChI=1S/C15H20FN3O/c16-14-4-2-1-3-12(14)9-15(20)19-7-5-18(6-8-19)13-10-17-11-13/h1-4,13,17H,5-11H2. The van der Waals surface area contributed by atoms with E-state index in [4.69, 9.17) is 0 Å². The topological polar surface area (TPSA) is 35.6 Å². The summed E-state index contributed by atoms with van der Waals surface area (Å²) in [5.41, 5.74) is 0.489. The Labute approximate surface area is 118 Å². The molecule has 2 heterocycles. The van der Waals surface area contributed by atoms with E-state index >= 15 is 0 Å². The van der Waals surface area contributed by atoms with Gasteiger partial charge in [0.05, 0.1) is 6.42 Å². The van der Waals surface area contributed by atoms with Gasteiger partial charge in [-0.2, -0.15) is 0 Å². The molecule has 1 aromatic rings. The normalized spacial score (nSPS) is 20.8. The quantitative estimate of drug-likeness (QED) is 0.873. The molecule has 4 nitrogen and oxygen atoms in total. The minimum Gasteiger partial charge on any atom is -0.340 e. The van der Waals surface area contributed by atoms with Crippen molar-refractivity contribution in [2.75, 3.05) is 39.3 Å². The van der Waals surface area contributed by atoms with E-state index in [1.165, 1.54) is 6.07 Å². The average molecular weight is 277 g/mol. The highest BCUT2D eigenvalue weighted by atomic mass is 19.1. The van der Waals surface area contributed by atoms with Crippen LogP contribution in [0.3, 0.4) is 0 Å². The van der Waals surface area contributed by atoms with Gasteiger partial charge in [0.15, 0.2) is 0 Å². The zero-order chi connectivity index (χ0) is 13.9. The van der Waals surface area contributed by atoms with Gasteiger partial charge >= 0.3 is 0 Å². The minimum absolute atomic E-state index is 0.0292. The van der Waals surface area contributed by atoms with Crippen molar-refractivity contribution >= 4 is 5.91 Å². The molecule has 2 fully saturated rings. The lowest BCUT2D eigenvalue weighted by molar-refractivity contribution is -0.132. The van der Waals surface area contributed by atoms with Gasteiger partial charge in [-0.15, -0.1) is 0 Å². The van der Waals surface area contributed by atoms with Crippen molar-refractivity contribution in [3.8, 4) is 0 Å². The first-order valence-electron chi connectivity index (χ1n) is 7.20. The molecule has 0 radical (unpaired) electrons. The van der Waals surface area contributed by atoms with Crippen LogP contribution in [0, 0.1) is 5.82 Å². The average Bonchev–Trinajstić information content (AvgIpc) is 2.40. The fourth-order valence-electron chi connectivity index (χ4n) is 2.78. The van der Waals surface area contributed by atoms with Crippen molar-refractivity contribution in [2.45, 2.75) is 12.5 Å².